The summed E-state index contributed by atoms with van der Waals surface area (Å²) >= 11 is 0. The maximum absolute atomic E-state index is 10.9. The van der Waals surface area contributed by atoms with Gasteiger partial charge in [0, 0.05) is 43.0 Å². The topological polar surface area (TPSA) is 92.2 Å². The molecule has 8 heteroatoms. The van der Waals surface area contributed by atoms with Crippen molar-refractivity contribution in [3.8, 4) is 11.5 Å². The van der Waals surface area contributed by atoms with Gasteiger partial charge in [-0.05, 0) is 50.5 Å². The number of nitrogens with one attached hydrogen (secondary N) is 1. The fourth-order valence-corrected chi connectivity index (χ4v) is 4.14. The van der Waals surface area contributed by atoms with E-state index in [4.69, 9.17) is 4.42 Å². The van der Waals surface area contributed by atoms with Crippen LogP contribution in [0, 0.1) is 6.92 Å². The third kappa shape index (κ3) is 3.86. The van der Waals surface area contributed by atoms with E-state index < -0.39 is 6.23 Å². The molecule has 31 heavy (non-hydrogen) atoms. The van der Waals surface area contributed by atoms with Crippen LogP contribution in [0.4, 0.5) is 11.4 Å². The quantitative estimate of drug-likeness (QED) is 0.473. The van der Waals surface area contributed by atoms with Crippen molar-refractivity contribution in [2.45, 2.75) is 32.4 Å². The monoisotopic (exact) mass is 418 g/mol. The molecule has 1 atom stereocenters. The first-order valence-corrected chi connectivity index (χ1v) is 10.6. The summed E-state index contributed by atoms with van der Waals surface area (Å²) in [6.45, 7) is 3.93. The Kier molecular flexibility index (Phi) is 5.07. The molecule has 8 nitrogen and oxygen atoms in total. The molecule has 1 fully saturated rings. The van der Waals surface area contributed by atoms with Crippen molar-refractivity contribution >= 4 is 22.3 Å². The lowest BCUT2D eigenvalue weighted by atomic mass is 10.1. The number of oxazole rings is 1. The number of anilines is 2. The van der Waals surface area contributed by atoms with Crippen molar-refractivity contribution in [2.24, 2.45) is 7.05 Å². The molecule has 3 aromatic heterocycles. The fraction of sp³-hybridized carbons (Fsp3) is 0.348. The molecule has 0 spiro atoms. The van der Waals surface area contributed by atoms with Crippen LogP contribution >= 0.6 is 0 Å². The molecule has 1 saturated heterocycles. The van der Waals surface area contributed by atoms with E-state index in [1.54, 1.807) is 6.20 Å². The number of rotatable bonds is 5. The Morgan fingerprint density at radius 3 is 2.81 bits per heavy atom. The Morgan fingerprint density at radius 2 is 2.00 bits per heavy atom. The van der Waals surface area contributed by atoms with Gasteiger partial charge in [0.1, 0.15) is 12.0 Å². The normalized spacial score (nSPS) is 15.4. The molecule has 0 amide bonds. The zero-order chi connectivity index (χ0) is 21.4. The van der Waals surface area contributed by atoms with E-state index in [0.29, 0.717) is 11.6 Å². The molecule has 5 rings (SSSR count). The standard InChI is InChI=1S/C23H26N6O2/c1-15-10-16(6-7-24-15)23-27-19(14-31-23)22(30)26-18-12-20-17(13-25-28(20)2)11-21(18)29-8-4-3-5-9-29/h6-7,10-14,22,26,30H,3-5,8-9H2,1-2H3. The van der Waals surface area contributed by atoms with Gasteiger partial charge in [0.05, 0.1) is 23.1 Å². The van der Waals surface area contributed by atoms with Crippen LogP contribution in [0.3, 0.4) is 0 Å². The van der Waals surface area contributed by atoms with E-state index in [1.165, 1.54) is 25.5 Å². The molecule has 0 radical (unpaired) electrons. The molecule has 1 aliphatic heterocycles. The summed E-state index contributed by atoms with van der Waals surface area (Å²) in [6, 6.07) is 7.94. The largest absolute Gasteiger partial charge is 0.444 e. The number of hydrogen-bond acceptors (Lipinski definition) is 7. The molecule has 160 valence electrons. The molecule has 1 unspecified atom stereocenters. The van der Waals surface area contributed by atoms with E-state index in [1.807, 2.05) is 43.0 Å². The van der Waals surface area contributed by atoms with Crippen LogP contribution in [0.2, 0.25) is 0 Å². The molecule has 0 aliphatic carbocycles. The number of nitrogens with zero attached hydrogens (tertiary/aromatic N) is 5. The summed E-state index contributed by atoms with van der Waals surface area (Å²) < 4.78 is 7.46. The van der Waals surface area contributed by atoms with Crippen LogP contribution in [0.15, 0.2) is 47.3 Å². The van der Waals surface area contributed by atoms with Crippen molar-refractivity contribution in [1.29, 1.82) is 0 Å². The van der Waals surface area contributed by atoms with Gasteiger partial charge in [-0.2, -0.15) is 5.10 Å². The lowest BCUT2D eigenvalue weighted by molar-refractivity contribution is 0.203. The van der Waals surface area contributed by atoms with Crippen molar-refractivity contribution < 1.29 is 9.52 Å². The van der Waals surface area contributed by atoms with E-state index in [-0.39, 0.29) is 0 Å². The lowest BCUT2D eigenvalue weighted by Crippen LogP contribution is -2.30. The van der Waals surface area contributed by atoms with Gasteiger partial charge in [-0.3, -0.25) is 9.67 Å². The highest BCUT2D eigenvalue weighted by atomic mass is 16.3. The van der Waals surface area contributed by atoms with E-state index in [0.717, 1.165) is 46.6 Å². The number of aliphatic hydroxyl groups excluding tert-OH is 1. The number of piperidine rings is 1. The second kappa shape index (κ2) is 8.03. The second-order valence-corrected chi connectivity index (χ2v) is 8.05. The second-order valence-electron chi connectivity index (χ2n) is 8.05. The summed E-state index contributed by atoms with van der Waals surface area (Å²) in [5, 5.41) is 19.6. The molecule has 2 N–H and O–H groups in total. The third-order valence-corrected chi connectivity index (χ3v) is 5.80. The van der Waals surface area contributed by atoms with Crippen LogP contribution < -0.4 is 10.2 Å². The fourth-order valence-electron chi connectivity index (χ4n) is 4.14. The van der Waals surface area contributed by atoms with Crippen molar-refractivity contribution in [3.05, 3.63) is 54.3 Å². The molecule has 1 aliphatic rings. The summed E-state index contributed by atoms with van der Waals surface area (Å²) in [5.74, 6) is 0.458. The van der Waals surface area contributed by atoms with Gasteiger partial charge in [0.15, 0.2) is 6.23 Å². The zero-order valence-electron chi connectivity index (χ0n) is 17.7. The number of aliphatic hydroxyl groups is 1. The molecule has 0 bridgehead atoms. The lowest BCUT2D eigenvalue weighted by Gasteiger charge is -2.31. The maximum Gasteiger partial charge on any atom is 0.226 e. The summed E-state index contributed by atoms with van der Waals surface area (Å²) in [5.41, 5.74) is 5.08. The van der Waals surface area contributed by atoms with Crippen LogP contribution in [0.25, 0.3) is 22.4 Å². The Bertz CT molecular complexity index is 1210. The first kappa shape index (κ1) is 19.6. The number of aromatic nitrogens is 4. The van der Waals surface area contributed by atoms with Crippen molar-refractivity contribution in [3.63, 3.8) is 0 Å². The van der Waals surface area contributed by atoms with Crippen molar-refractivity contribution in [1.82, 2.24) is 19.7 Å². The minimum absolute atomic E-state index is 0.430. The maximum atomic E-state index is 10.9. The number of benzene rings is 1. The Balaban J connectivity index is 1.46. The predicted molar refractivity (Wildman–Crippen MR) is 120 cm³/mol. The number of pyridine rings is 1. The molecule has 0 saturated carbocycles. The highest BCUT2D eigenvalue weighted by Gasteiger charge is 2.20. The highest BCUT2D eigenvalue weighted by Crippen LogP contribution is 2.35. The zero-order valence-corrected chi connectivity index (χ0v) is 17.7. The summed E-state index contributed by atoms with van der Waals surface area (Å²) in [7, 11) is 1.92. The number of fused-ring (bicyclic) bond motifs is 1. The van der Waals surface area contributed by atoms with Gasteiger partial charge < -0.3 is 19.7 Å². The van der Waals surface area contributed by atoms with Crippen molar-refractivity contribution in [2.75, 3.05) is 23.3 Å². The highest BCUT2D eigenvalue weighted by molar-refractivity contribution is 5.90. The predicted octanol–water partition coefficient (Wildman–Crippen LogP) is 4.03. The average Bonchev–Trinajstić information content (AvgIpc) is 3.42. The van der Waals surface area contributed by atoms with Crippen LogP contribution in [0.5, 0.6) is 0 Å². The van der Waals surface area contributed by atoms with Crippen LogP contribution in [-0.2, 0) is 7.05 Å². The van der Waals surface area contributed by atoms with Gasteiger partial charge in [0.25, 0.3) is 0 Å². The smallest absolute Gasteiger partial charge is 0.226 e. The van der Waals surface area contributed by atoms with E-state index in [9.17, 15) is 5.11 Å². The third-order valence-electron chi connectivity index (χ3n) is 5.80. The molecular weight excluding hydrogens is 392 g/mol. The molecule has 1 aromatic carbocycles. The van der Waals surface area contributed by atoms with Gasteiger partial charge in [-0.15, -0.1) is 0 Å². The summed E-state index contributed by atoms with van der Waals surface area (Å²) in [4.78, 5) is 11.1. The Morgan fingerprint density at radius 1 is 1.16 bits per heavy atom. The van der Waals surface area contributed by atoms with Gasteiger partial charge in [-0.1, -0.05) is 0 Å². The summed E-state index contributed by atoms with van der Waals surface area (Å²) in [6.07, 6.45) is 7.69. The Labute approximate surface area is 180 Å². The van der Waals surface area contributed by atoms with Crippen LogP contribution in [0.1, 0.15) is 36.9 Å². The SMILES string of the molecule is Cc1cc(-c2nc(C(O)Nc3cc4c(cnn4C)cc3N3CCCCC3)co2)ccn1. The van der Waals surface area contributed by atoms with E-state index in [2.05, 4.69) is 31.3 Å². The first-order valence-electron chi connectivity index (χ1n) is 10.6. The first-order chi connectivity index (χ1) is 15.1. The Hall–Kier alpha value is -3.39. The van der Waals surface area contributed by atoms with E-state index >= 15 is 0 Å². The van der Waals surface area contributed by atoms with Gasteiger partial charge >= 0.3 is 0 Å². The number of hydrogen-bond donors (Lipinski definition) is 2. The average molecular weight is 419 g/mol. The van der Waals surface area contributed by atoms with Crippen LogP contribution in [-0.4, -0.2) is 37.9 Å². The minimum Gasteiger partial charge on any atom is -0.444 e. The van der Waals surface area contributed by atoms with Gasteiger partial charge in [-0.25, -0.2) is 4.98 Å². The minimum atomic E-state index is -1.00. The molecular formula is C23H26N6O2. The number of aryl methyl sites for hydroxylation is 2. The van der Waals surface area contributed by atoms with Gasteiger partial charge in [0.2, 0.25) is 5.89 Å². The molecule has 4 heterocycles. The molecule has 4 aromatic rings.